The minimum Gasteiger partial charge on any atom is -0.493 e. The number of benzene rings is 1. The van der Waals surface area contributed by atoms with E-state index in [1.54, 1.807) is 21.0 Å². The maximum atomic E-state index is 11.1. The van der Waals surface area contributed by atoms with E-state index < -0.39 is 11.4 Å². The Bertz CT molecular complexity index is 424. The lowest BCUT2D eigenvalue weighted by atomic mass is 9.86. The first kappa shape index (κ1) is 14.4. The van der Waals surface area contributed by atoms with Crippen LogP contribution in [0.15, 0.2) is 18.2 Å². The Labute approximate surface area is 108 Å². The SMILES string of the molecule is CCOc1ccc(CC(C)(C)C(=O)O)cc1OC. The molecule has 4 nitrogen and oxygen atoms in total. The molecule has 0 atom stereocenters. The van der Waals surface area contributed by atoms with Gasteiger partial charge in [0.05, 0.1) is 19.1 Å². The summed E-state index contributed by atoms with van der Waals surface area (Å²) in [6.45, 7) is 5.88. The zero-order chi connectivity index (χ0) is 13.8. The summed E-state index contributed by atoms with van der Waals surface area (Å²) >= 11 is 0. The van der Waals surface area contributed by atoms with Crippen LogP contribution in [0.1, 0.15) is 26.3 Å². The molecular weight excluding hydrogens is 232 g/mol. The van der Waals surface area contributed by atoms with E-state index in [0.29, 0.717) is 24.5 Å². The van der Waals surface area contributed by atoms with Gasteiger partial charge in [0.1, 0.15) is 0 Å². The van der Waals surface area contributed by atoms with E-state index >= 15 is 0 Å². The first-order valence-electron chi connectivity index (χ1n) is 5.94. The quantitative estimate of drug-likeness (QED) is 0.845. The van der Waals surface area contributed by atoms with Gasteiger partial charge in [0.25, 0.3) is 0 Å². The molecule has 0 aliphatic rings. The van der Waals surface area contributed by atoms with E-state index in [2.05, 4.69) is 0 Å². The molecule has 0 radical (unpaired) electrons. The highest BCUT2D eigenvalue weighted by Crippen LogP contribution is 2.31. The van der Waals surface area contributed by atoms with Gasteiger partial charge in [-0.25, -0.2) is 0 Å². The lowest BCUT2D eigenvalue weighted by Crippen LogP contribution is -2.26. The van der Waals surface area contributed by atoms with Crippen LogP contribution in [0.3, 0.4) is 0 Å². The number of carbonyl (C=O) groups is 1. The van der Waals surface area contributed by atoms with Gasteiger partial charge in [-0.3, -0.25) is 4.79 Å². The van der Waals surface area contributed by atoms with Crippen LogP contribution >= 0.6 is 0 Å². The fraction of sp³-hybridized carbons (Fsp3) is 0.500. The molecule has 0 spiro atoms. The number of hydrogen-bond acceptors (Lipinski definition) is 3. The molecule has 0 fully saturated rings. The van der Waals surface area contributed by atoms with Crippen LogP contribution in [0.2, 0.25) is 0 Å². The Balaban J connectivity index is 2.95. The number of rotatable bonds is 6. The highest BCUT2D eigenvalue weighted by atomic mass is 16.5. The Morgan fingerprint density at radius 3 is 2.50 bits per heavy atom. The lowest BCUT2D eigenvalue weighted by Gasteiger charge is -2.19. The molecule has 0 heterocycles. The molecule has 4 heteroatoms. The van der Waals surface area contributed by atoms with Crippen LogP contribution in [0.25, 0.3) is 0 Å². The third-order valence-corrected chi connectivity index (χ3v) is 2.75. The molecule has 1 rings (SSSR count). The molecule has 18 heavy (non-hydrogen) atoms. The second-order valence-electron chi connectivity index (χ2n) is 4.78. The van der Waals surface area contributed by atoms with Crippen LogP contribution in [0.4, 0.5) is 0 Å². The number of carboxylic acids is 1. The molecule has 1 aromatic carbocycles. The molecule has 1 aromatic rings. The highest BCUT2D eigenvalue weighted by molar-refractivity contribution is 5.74. The predicted octanol–water partition coefficient (Wildman–Crippen LogP) is 2.75. The molecule has 0 bridgehead atoms. The number of carboxylic acid groups (broad SMARTS) is 1. The molecule has 1 N–H and O–H groups in total. The van der Waals surface area contributed by atoms with Gasteiger partial charge in [-0.2, -0.15) is 0 Å². The lowest BCUT2D eigenvalue weighted by molar-refractivity contribution is -0.146. The van der Waals surface area contributed by atoms with Crippen molar-refractivity contribution in [2.75, 3.05) is 13.7 Å². The van der Waals surface area contributed by atoms with E-state index in [1.165, 1.54) is 0 Å². The van der Waals surface area contributed by atoms with Gasteiger partial charge in [-0.05, 0) is 44.9 Å². The molecule has 0 saturated carbocycles. The van der Waals surface area contributed by atoms with Crippen molar-refractivity contribution in [2.45, 2.75) is 27.2 Å². The van der Waals surface area contributed by atoms with E-state index in [1.807, 2.05) is 25.1 Å². The third kappa shape index (κ3) is 3.39. The van der Waals surface area contributed by atoms with E-state index in [4.69, 9.17) is 14.6 Å². The van der Waals surface area contributed by atoms with Crippen molar-refractivity contribution in [1.82, 2.24) is 0 Å². The first-order chi connectivity index (χ1) is 8.40. The zero-order valence-electron chi connectivity index (χ0n) is 11.3. The fourth-order valence-corrected chi connectivity index (χ4v) is 1.68. The Morgan fingerprint density at radius 2 is 2.00 bits per heavy atom. The average Bonchev–Trinajstić information content (AvgIpc) is 2.30. The van der Waals surface area contributed by atoms with Crippen molar-refractivity contribution in [3.05, 3.63) is 23.8 Å². The Hall–Kier alpha value is -1.71. The third-order valence-electron chi connectivity index (χ3n) is 2.75. The van der Waals surface area contributed by atoms with Gasteiger partial charge in [0, 0.05) is 0 Å². The monoisotopic (exact) mass is 252 g/mol. The second kappa shape index (κ2) is 5.76. The van der Waals surface area contributed by atoms with E-state index in [0.717, 1.165) is 5.56 Å². The maximum Gasteiger partial charge on any atom is 0.309 e. The molecule has 0 unspecified atom stereocenters. The minimum atomic E-state index is -0.810. The van der Waals surface area contributed by atoms with Crippen LogP contribution in [0, 0.1) is 5.41 Å². The number of aliphatic carboxylic acids is 1. The van der Waals surface area contributed by atoms with Gasteiger partial charge in [-0.1, -0.05) is 6.07 Å². The topological polar surface area (TPSA) is 55.8 Å². The summed E-state index contributed by atoms with van der Waals surface area (Å²) in [5.74, 6) is 0.503. The van der Waals surface area contributed by atoms with Gasteiger partial charge >= 0.3 is 5.97 Å². The second-order valence-corrected chi connectivity index (χ2v) is 4.78. The van der Waals surface area contributed by atoms with Crippen molar-refractivity contribution in [3.63, 3.8) is 0 Å². The maximum absolute atomic E-state index is 11.1. The average molecular weight is 252 g/mol. The molecule has 0 saturated heterocycles. The van der Waals surface area contributed by atoms with Gasteiger partial charge < -0.3 is 14.6 Å². The summed E-state index contributed by atoms with van der Waals surface area (Å²) in [6, 6.07) is 5.52. The van der Waals surface area contributed by atoms with Crippen molar-refractivity contribution in [1.29, 1.82) is 0 Å². The molecule has 0 aromatic heterocycles. The number of hydrogen-bond donors (Lipinski definition) is 1. The summed E-state index contributed by atoms with van der Waals surface area (Å²) in [5, 5.41) is 9.11. The number of ether oxygens (including phenoxy) is 2. The highest BCUT2D eigenvalue weighted by Gasteiger charge is 2.27. The molecule has 0 aliphatic carbocycles. The Kier molecular flexibility index (Phi) is 4.59. The van der Waals surface area contributed by atoms with Crippen LogP contribution < -0.4 is 9.47 Å². The fourth-order valence-electron chi connectivity index (χ4n) is 1.68. The number of methoxy groups -OCH3 is 1. The molecule has 0 amide bonds. The van der Waals surface area contributed by atoms with Crippen molar-refractivity contribution in [2.24, 2.45) is 5.41 Å². The smallest absolute Gasteiger partial charge is 0.309 e. The van der Waals surface area contributed by atoms with Crippen molar-refractivity contribution in [3.8, 4) is 11.5 Å². The summed E-state index contributed by atoms with van der Waals surface area (Å²) < 4.78 is 10.7. The zero-order valence-corrected chi connectivity index (χ0v) is 11.3. The summed E-state index contributed by atoms with van der Waals surface area (Å²) in [4.78, 5) is 11.1. The van der Waals surface area contributed by atoms with Crippen LogP contribution in [-0.2, 0) is 11.2 Å². The molecular formula is C14H20O4. The standard InChI is InChI=1S/C14H20O4/c1-5-18-11-7-6-10(8-12(11)17-4)9-14(2,3)13(15)16/h6-8H,5,9H2,1-4H3,(H,15,16). The van der Waals surface area contributed by atoms with Crippen LogP contribution in [0.5, 0.6) is 11.5 Å². The van der Waals surface area contributed by atoms with Crippen LogP contribution in [-0.4, -0.2) is 24.8 Å². The van der Waals surface area contributed by atoms with E-state index in [-0.39, 0.29) is 0 Å². The summed E-state index contributed by atoms with van der Waals surface area (Å²) in [7, 11) is 1.57. The minimum absolute atomic E-state index is 0.450. The van der Waals surface area contributed by atoms with Gasteiger partial charge in [0.15, 0.2) is 11.5 Å². The summed E-state index contributed by atoms with van der Waals surface area (Å²) in [6.07, 6.45) is 0.450. The molecule has 100 valence electrons. The van der Waals surface area contributed by atoms with Crippen molar-refractivity contribution < 1.29 is 19.4 Å². The first-order valence-corrected chi connectivity index (χ1v) is 5.94. The van der Waals surface area contributed by atoms with E-state index in [9.17, 15) is 4.79 Å². The largest absolute Gasteiger partial charge is 0.493 e. The Morgan fingerprint density at radius 1 is 1.33 bits per heavy atom. The summed E-state index contributed by atoms with van der Waals surface area (Å²) in [5.41, 5.74) is 0.126. The predicted molar refractivity (Wildman–Crippen MR) is 69.3 cm³/mol. The van der Waals surface area contributed by atoms with Gasteiger partial charge in [0.2, 0.25) is 0 Å². The van der Waals surface area contributed by atoms with Gasteiger partial charge in [-0.15, -0.1) is 0 Å². The molecule has 0 aliphatic heterocycles. The normalized spacial score (nSPS) is 11.1. The van der Waals surface area contributed by atoms with Crippen molar-refractivity contribution >= 4 is 5.97 Å².